The van der Waals surface area contributed by atoms with Gasteiger partial charge in [0.2, 0.25) is 0 Å². The topological polar surface area (TPSA) is 113 Å². The van der Waals surface area contributed by atoms with E-state index in [1.807, 2.05) is 20.8 Å². The first-order valence-electron chi connectivity index (χ1n) is 9.54. The number of aliphatic carboxylic acids is 1. The third kappa shape index (κ3) is 6.79. The standard InChI is InChI=1S/C21H27N3O5/c1-21(2,3)29-20(27)24-15-7-5-13(6-8-15)11-23-12-14-9-16(19(25)26)18(28-4)10-17(14)22/h9-10,12-13,15,22H,5-8H2,1-4H3,(H-,24,25,26,27)/p+1/b14-12-,22-17?. The van der Waals surface area contributed by atoms with Crippen LogP contribution in [-0.4, -0.2) is 41.6 Å². The van der Waals surface area contributed by atoms with Crippen LogP contribution in [0, 0.1) is 17.4 Å². The number of carboxylic acid groups (broad SMARTS) is 1. The maximum atomic E-state index is 11.8. The maximum Gasteiger partial charge on any atom is 0.407 e. The van der Waals surface area contributed by atoms with E-state index in [9.17, 15) is 14.7 Å². The Hall–Kier alpha value is -3.08. The molecule has 0 aromatic rings. The van der Waals surface area contributed by atoms with Gasteiger partial charge in [-0.3, -0.25) is 5.41 Å². The van der Waals surface area contributed by atoms with E-state index in [0.717, 1.165) is 25.7 Å². The molecule has 0 saturated heterocycles. The van der Waals surface area contributed by atoms with Gasteiger partial charge in [-0.2, -0.15) is 0 Å². The Morgan fingerprint density at radius 3 is 2.48 bits per heavy atom. The Balaban J connectivity index is 1.92. The van der Waals surface area contributed by atoms with Crippen LogP contribution in [0.5, 0.6) is 0 Å². The number of carbonyl (C=O) groups is 2. The number of hydrogen-bond acceptors (Lipinski definition) is 5. The van der Waals surface area contributed by atoms with Gasteiger partial charge in [-0.1, -0.05) is 0 Å². The summed E-state index contributed by atoms with van der Waals surface area (Å²) in [5.74, 6) is -0.835. The molecule has 0 unspecified atom stereocenters. The number of carboxylic acids is 1. The highest BCUT2D eigenvalue weighted by Gasteiger charge is 2.26. The van der Waals surface area contributed by atoms with Gasteiger partial charge in [0.25, 0.3) is 6.07 Å². The summed E-state index contributed by atoms with van der Waals surface area (Å²) in [4.78, 5) is 27.3. The van der Waals surface area contributed by atoms with Crippen molar-refractivity contribution in [3.05, 3.63) is 40.1 Å². The summed E-state index contributed by atoms with van der Waals surface area (Å²) in [5.41, 5.74) is -0.0201. The molecule has 2 aliphatic rings. The van der Waals surface area contributed by atoms with E-state index < -0.39 is 17.7 Å². The molecule has 29 heavy (non-hydrogen) atoms. The van der Waals surface area contributed by atoms with E-state index in [-0.39, 0.29) is 29.0 Å². The first kappa shape index (κ1) is 22.2. The van der Waals surface area contributed by atoms with Gasteiger partial charge in [0.15, 0.2) is 0 Å². The van der Waals surface area contributed by atoms with Gasteiger partial charge in [0, 0.05) is 12.1 Å². The van der Waals surface area contributed by atoms with Crippen LogP contribution in [0.25, 0.3) is 4.85 Å². The van der Waals surface area contributed by atoms with Crippen LogP contribution in [0.4, 0.5) is 4.79 Å². The predicted octanol–water partition coefficient (Wildman–Crippen LogP) is 3.86. The minimum atomic E-state index is -1.12. The van der Waals surface area contributed by atoms with Crippen molar-refractivity contribution >= 4 is 17.8 Å². The maximum absolute atomic E-state index is 11.8. The van der Waals surface area contributed by atoms with E-state index in [1.54, 1.807) is 0 Å². The number of nitrogens with zero attached hydrogens (tertiary/aromatic N) is 1. The molecule has 0 heterocycles. The summed E-state index contributed by atoms with van der Waals surface area (Å²) in [7, 11) is 1.37. The predicted molar refractivity (Wildman–Crippen MR) is 109 cm³/mol. The fraction of sp³-hybridized carbons (Fsp3) is 0.524. The average Bonchev–Trinajstić information content (AvgIpc) is 2.62. The summed E-state index contributed by atoms with van der Waals surface area (Å²) in [5, 5.41) is 20.1. The van der Waals surface area contributed by atoms with Gasteiger partial charge in [0.05, 0.1) is 24.3 Å². The first-order valence-corrected chi connectivity index (χ1v) is 9.54. The van der Waals surface area contributed by atoms with Gasteiger partial charge < -0.3 is 19.9 Å². The molecule has 0 atom stereocenters. The average molecular weight is 402 g/mol. The van der Waals surface area contributed by atoms with Crippen LogP contribution >= 0.6 is 0 Å². The molecule has 0 radical (unpaired) electrons. The van der Waals surface area contributed by atoms with Crippen molar-refractivity contribution in [2.45, 2.75) is 58.1 Å². The minimum absolute atomic E-state index is 0.0151. The number of alkyl carbamates (subject to hydrolysis) is 1. The summed E-state index contributed by atoms with van der Waals surface area (Å²) in [6.07, 6.45) is 7.05. The molecule has 1 saturated carbocycles. The lowest BCUT2D eigenvalue weighted by atomic mass is 9.87. The highest BCUT2D eigenvalue weighted by molar-refractivity contribution is 6.13. The van der Waals surface area contributed by atoms with E-state index in [4.69, 9.17) is 14.9 Å². The number of carbonyl (C=O) groups excluding carboxylic acids is 1. The Labute approximate surface area is 170 Å². The smallest absolute Gasteiger partial charge is 0.407 e. The largest absolute Gasteiger partial charge is 0.496 e. The Morgan fingerprint density at radius 1 is 1.28 bits per heavy atom. The molecule has 0 bridgehead atoms. The zero-order chi connectivity index (χ0) is 21.6. The van der Waals surface area contributed by atoms with Crippen LogP contribution < -0.4 is 5.32 Å². The van der Waals surface area contributed by atoms with Crippen molar-refractivity contribution in [1.29, 1.82) is 5.41 Å². The third-order valence-corrected chi connectivity index (χ3v) is 4.51. The lowest BCUT2D eigenvalue weighted by Crippen LogP contribution is -2.40. The fourth-order valence-corrected chi connectivity index (χ4v) is 3.09. The van der Waals surface area contributed by atoms with Crippen LogP contribution in [0.15, 0.2) is 35.3 Å². The quantitative estimate of drug-likeness (QED) is 0.663. The lowest BCUT2D eigenvalue weighted by molar-refractivity contribution is -0.132. The molecule has 1 amide bonds. The number of methoxy groups -OCH3 is 1. The molecule has 8 heteroatoms. The van der Waals surface area contributed by atoms with Gasteiger partial charge in [-0.25, -0.2) is 9.59 Å². The highest BCUT2D eigenvalue weighted by atomic mass is 16.6. The molecular weight excluding hydrogens is 374 g/mol. The zero-order valence-corrected chi connectivity index (χ0v) is 17.2. The Bertz CT molecular complexity index is 829. The normalized spacial score (nSPS) is 23.3. The van der Waals surface area contributed by atoms with Gasteiger partial charge >= 0.3 is 18.3 Å². The van der Waals surface area contributed by atoms with Gasteiger partial charge in [-0.15, -0.1) is 0 Å². The summed E-state index contributed by atoms with van der Waals surface area (Å²) in [6, 6.07) is 3.13. The van der Waals surface area contributed by atoms with Crippen molar-refractivity contribution in [3.63, 3.8) is 0 Å². The Kier molecular flexibility index (Phi) is 7.21. The highest BCUT2D eigenvalue weighted by Crippen LogP contribution is 2.25. The number of hydrogen-bond donors (Lipinski definition) is 3. The lowest BCUT2D eigenvalue weighted by Gasteiger charge is -2.26. The fourth-order valence-electron chi connectivity index (χ4n) is 3.09. The first-order chi connectivity index (χ1) is 13.6. The molecule has 0 aromatic heterocycles. The molecule has 2 rings (SSSR count). The number of amides is 1. The van der Waals surface area contributed by atoms with Crippen LogP contribution in [0.3, 0.4) is 0 Å². The number of allylic oxidation sites excluding steroid dienone is 3. The van der Waals surface area contributed by atoms with Crippen molar-refractivity contribution in [2.24, 2.45) is 5.92 Å². The van der Waals surface area contributed by atoms with Crippen molar-refractivity contribution in [1.82, 2.24) is 5.32 Å². The van der Waals surface area contributed by atoms with Gasteiger partial charge in [-0.05, 0) is 57.4 Å². The molecule has 0 aliphatic heterocycles. The molecule has 0 spiro atoms. The van der Waals surface area contributed by atoms with E-state index in [1.165, 1.54) is 25.5 Å². The Morgan fingerprint density at radius 2 is 1.93 bits per heavy atom. The van der Waals surface area contributed by atoms with Crippen molar-refractivity contribution in [3.8, 4) is 6.07 Å². The summed E-state index contributed by atoms with van der Waals surface area (Å²) in [6.45, 7) is 5.49. The van der Waals surface area contributed by atoms with Crippen LogP contribution in [0.2, 0.25) is 0 Å². The molecule has 156 valence electrons. The number of nitrogens with one attached hydrogen (secondary N) is 2. The second kappa shape index (κ2) is 9.41. The molecular formula is C21H28N3O5+. The number of ether oxygens (including phenoxy) is 2. The van der Waals surface area contributed by atoms with E-state index in [0.29, 0.717) is 5.57 Å². The monoisotopic (exact) mass is 402 g/mol. The molecule has 2 aliphatic carbocycles. The second-order valence-electron chi connectivity index (χ2n) is 8.03. The molecule has 0 aromatic carbocycles. The SMILES string of the molecule is COC1=CC(=N)/C(=C\[N+]#CC2CCC(NC(=O)OC(C)(C)C)CC2)C=C1C(=O)O. The zero-order valence-electron chi connectivity index (χ0n) is 17.2. The van der Waals surface area contributed by atoms with E-state index >= 15 is 0 Å². The van der Waals surface area contributed by atoms with Gasteiger partial charge in [0.1, 0.15) is 16.9 Å². The molecule has 8 nitrogen and oxygen atoms in total. The van der Waals surface area contributed by atoms with Crippen molar-refractivity contribution < 1.29 is 24.2 Å². The molecule has 1 fully saturated rings. The third-order valence-electron chi connectivity index (χ3n) is 4.51. The minimum Gasteiger partial charge on any atom is -0.496 e. The summed E-state index contributed by atoms with van der Waals surface area (Å²) < 4.78 is 10.3. The van der Waals surface area contributed by atoms with E-state index in [2.05, 4.69) is 16.2 Å². The van der Waals surface area contributed by atoms with Crippen molar-refractivity contribution in [2.75, 3.05) is 7.11 Å². The second-order valence-corrected chi connectivity index (χ2v) is 8.03. The summed E-state index contributed by atoms with van der Waals surface area (Å²) >= 11 is 0. The van der Waals surface area contributed by atoms with Crippen LogP contribution in [-0.2, 0) is 14.3 Å². The molecule has 3 N–H and O–H groups in total. The van der Waals surface area contributed by atoms with Crippen LogP contribution in [0.1, 0.15) is 46.5 Å². The number of rotatable bonds is 3.